The Hall–Kier alpha value is -3.92. The van der Waals surface area contributed by atoms with Crippen LogP contribution in [-0.2, 0) is 38.4 Å². The summed E-state index contributed by atoms with van der Waals surface area (Å²) in [7, 11) is 2.93. The van der Waals surface area contributed by atoms with E-state index in [0.29, 0.717) is 35.7 Å². The van der Waals surface area contributed by atoms with Crippen LogP contribution >= 0.6 is 0 Å². The molecule has 0 aromatic heterocycles. The Morgan fingerprint density at radius 1 is 0.660 bits per heavy atom. The molecule has 1 radical (unpaired) electrons. The topological polar surface area (TPSA) is 483 Å². The predicted octanol–water partition coefficient (Wildman–Crippen LogP) is -3.64. The molecule has 0 spiro atoms. The normalized spacial score (nSPS) is 8.43. The van der Waals surface area contributed by atoms with E-state index in [0.717, 1.165) is 0 Å². The van der Waals surface area contributed by atoms with Gasteiger partial charge in [-0.2, -0.15) is 0 Å². The van der Waals surface area contributed by atoms with E-state index < -0.39 is 15.3 Å². The molecule has 0 aliphatic rings. The summed E-state index contributed by atoms with van der Waals surface area (Å²) in [5, 5.41) is 68.4. The van der Waals surface area contributed by atoms with Gasteiger partial charge in [0, 0.05) is 68.2 Å². The Labute approximate surface area is 305 Å². The fourth-order valence-corrected chi connectivity index (χ4v) is 2.42. The van der Waals surface area contributed by atoms with Gasteiger partial charge in [0.15, 0.2) is 0 Å². The quantitative estimate of drug-likeness (QED) is 0.0813. The minimum atomic E-state index is -1.75. The van der Waals surface area contributed by atoms with Crippen molar-refractivity contribution in [1.82, 2.24) is 0 Å². The van der Waals surface area contributed by atoms with Gasteiger partial charge in [0.1, 0.15) is 11.5 Å². The number of hydrogen-bond donors (Lipinski definition) is 0. The van der Waals surface area contributed by atoms with Crippen LogP contribution in [0.2, 0.25) is 0 Å². The Bertz CT molecular complexity index is 1040. The number of rotatable bonds is 8. The maximum Gasteiger partial charge on any atom is 3.00 e. The van der Waals surface area contributed by atoms with E-state index in [1.807, 2.05) is 13.8 Å². The maximum atomic E-state index is 12.1. The molecule has 0 amide bonds. The van der Waals surface area contributed by atoms with Crippen molar-refractivity contribution in [3.8, 4) is 23.0 Å². The molecule has 0 aliphatic carbocycles. The number of para-hydroxylation sites is 2. The van der Waals surface area contributed by atoms with E-state index >= 15 is 0 Å². The van der Waals surface area contributed by atoms with E-state index in [9.17, 15) is 10.2 Å². The fraction of sp³-hybridized carbons (Fsp3) is 0.333. The summed E-state index contributed by atoms with van der Waals surface area (Å²) in [5.74, 6) is 0.241. The van der Waals surface area contributed by atoms with E-state index in [4.69, 9.17) is 55.4 Å². The molecule has 0 saturated heterocycles. The predicted molar refractivity (Wildman–Crippen MR) is 161 cm³/mol. The number of aliphatic imine (C=N–C) groups is 2. The van der Waals surface area contributed by atoms with Crippen molar-refractivity contribution in [2.24, 2.45) is 15.4 Å². The van der Waals surface area contributed by atoms with Crippen LogP contribution in [0.15, 0.2) is 46.4 Å². The van der Waals surface area contributed by atoms with E-state index in [1.165, 1.54) is 14.2 Å². The first-order valence-corrected chi connectivity index (χ1v) is 10.2. The minimum absolute atomic E-state index is 0. The Balaban J connectivity index is -0.0000000744. The third kappa shape index (κ3) is 38.2. The third-order valence-electron chi connectivity index (χ3n) is 3.96. The smallest absolute Gasteiger partial charge is 0.870 e. The number of methoxy groups -OCH3 is 2. The molecule has 283 valence electrons. The van der Waals surface area contributed by atoms with Crippen molar-refractivity contribution in [2.75, 3.05) is 27.3 Å². The van der Waals surface area contributed by atoms with Crippen molar-refractivity contribution < 1.29 is 122 Å². The summed E-state index contributed by atoms with van der Waals surface area (Å²) < 4.78 is 10.1. The first-order valence-electron chi connectivity index (χ1n) is 10.2. The molecule has 0 unspecified atom stereocenters. The number of benzene rings is 2. The monoisotopic (exact) mass is 890 g/mol. The summed E-state index contributed by atoms with van der Waals surface area (Å²) in [5.41, 5.74) is 0.749. The minimum Gasteiger partial charge on any atom is -0.870 e. The Morgan fingerprint density at radius 2 is 0.894 bits per heavy atom. The molecular weight excluding hydrogens is 852 g/mol. The van der Waals surface area contributed by atoms with Gasteiger partial charge in [-0.3, -0.25) is 9.98 Å². The molecule has 0 fully saturated rings. The maximum absolute atomic E-state index is 12.1. The largest absolute Gasteiger partial charge is 3.00 e. The van der Waals surface area contributed by atoms with Gasteiger partial charge < -0.3 is 98.5 Å². The van der Waals surface area contributed by atoms with Gasteiger partial charge in [0.25, 0.3) is 0 Å². The first-order chi connectivity index (χ1) is 18.1. The molecule has 24 nitrogen and oxygen atoms in total. The molecular formula is C21H40ErN5NiO19+2. The van der Waals surface area contributed by atoms with E-state index in [1.54, 1.807) is 48.8 Å². The van der Waals surface area contributed by atoms with Gasteiger partial charge in [-0.05, 0) is 23.3 Å². The number of ether oxygens (including phenoxy) is 2. The molecule has 26 heteroatoms. The van der Waals surface area contributed by atoms with Crippen molar-refractivity contribution in [3.05, 3.63) is 93.5 Å². The van der Waals surface area contributed by atoms with Crippen molar-refractivity contribution in [3.63, 3.8) is 0 Å². The summed E-state index contributed by atoms with van der Waals surface area (Å²) in [4.78, 5) is 33.5. The molecule has 0 heterocycles. The van der Waals surface area contributed by atoms with Gasteiger partial charge in [0.2, 0.25) is 0 Å². The summed E-state index contributed by atoms with van der Waals surface area (Å²) >= 11 is 0. The van der Waals surface area contributed by atoms with Crippen LogP contribution in [-0.4, -0.2) is 66.0 Å². The zero-order valence-electron chi connectivity index (χ0n) is 25.0. The summed E-state index contributed by atoms with van der Waals surface area (Å²) in [6, 6.07) is 10.2. The summed E-state index contributed by atoms with van der Waals surface area (Å²) in [6.45, 7) is 5.02. The second-order valence-electron chi connectivity index (χ2n) is 7.53. The van der Waals surface area contributed by atoms with Crippen molar-refractivity contribution >= 4 is 12.4 Å². The second-order valence-corrected chi connectivity index (χ2v) is 7.53. The standard InChI is InChI=1S/C21H26N2O4.Er.3NO3.Ni.6H2O/c1-21(2,13-22-11-15-7-5-9-17(26-3)19(15)24)14-23-12-16-8-6-10-18(27-4)20(16)25;;3*2-1(3)4;;;;;;;/h5-12,24-25H,13-14H2,1-4H3;;;;;;6*1H2/q;;3*-1;+3;;;;;;/p+2. The fourth-order valence-electron chi connectivity index (χ4n) is 2.42. The number of nitrogens with zero attached hydrogens (tertiary/aromatic N) is 5. The molecule has 0 bridgehead atoms. The van der Waals surface area contributed by atoms with E-state index in [2.05, 4.69) is 9.98 Å². The molecule has 2 aromatic carbocycles. The van der Waals surface area contributed by atoms with Crippen LogP contribution in [0.5, 0.6) is 23.0 Å². The zero-order chi connectivity index (χ0) is 30.6. The van der Waals surface area contributed by atoms with Crippen LogP contribution in [0.3, 0.4) is 0 Å². The SMILES string of the molecule is COc1cccc(C=NCC(C)(C)CN=Cc2cccc(OC)c2[O-])c1[O-].O.O.O=[N+]([O-])[O-].O=[N+]([O-])[O-].O=[N+]([O-])[O-].[Er].[Ni+3].[OH3+].[OH3+].[OH3+].[OH3+]. The van der Waals surface area contributed by atoms with Crippen LogP contribution in [0.25, 0.3) is 0 Å². The Morgan fingerprint density at radius 3 is 1.11 bits per heavy atom. The van der Waals surface area contributed by atoms with Crippen LogP contribution in [0.4, 0.5) is 0 Å². The molecule has 16 N–H and O–H groups in total. The zero-order valence-corrected chi connectivity index (χ0v) is 27.8. The number of hydrogen-bond acceptors (Lipinski definition) is 15. The van der Waals surface area contributed by atoms with Gasteiger partial charge in [-0.25, -0.2) is 0 Å². The third-order valence-corrected chi connectivity index (χ3v) is 3.96. The Kier molecular flexibility index (Phi) is 56.8. The average Bonchev–Trinajstić information content (AvgIpc) is 2.80. The second kappa shape index (κ2) is 38.3. The molecule has 47 heavy (non-hydrogen) atoms. The average molecular weight is 893 g/mol. The molecule has 0 saturated carbocycles. The van der Waals surface area contributed by atoms with Gasteiger partial charge in [-0.15, -0.1) is 0 Å². The van der Waals surface area contributed by atoms with Gasteiger partial charge in [-0.1, -0.05) is 49.6 Å². The van der Waals surface area contributed by atoms with Crippen LogP contribution in [0.1, 0.15) is 25.0 Å². The summed E-state index contributed by atoms with van der Waals surface area (Å²) in [6.07, 6.45) is 3.13. The van der Waals surface area contributed by atoms with Crippen molar-refractivity contribution in [2.45, 2.75) is 13.8 Å². The molecule has 0 atom stereocenters. The van der Waals surface area contributed by atoms with Gasteiger partial charge >= 0.3 is 16.5 Å². The molecule has 0 aliphatic heterocycles. The van der Waals surface area contributed by atoms with Crippen molar-refractivity contribution in [1.29, 1.82) is 0 Å². The molecule has 2 rings (SSSR count). The van der Waals surface area contributed by atoms with Crippen LogP contribution < -0.4 is 19.7 Å². The van der Waals surface area contributed by atoms with E-state index in [-0.39, 0.29) is 104 Å². The van der Waals surface area contributed by atoms with Gasteiger partial charge in [0.05, 0.1) is 29.5 Å². The van der Waals surface area contributed by atoms with Crippen LogP contribution in [0, 0.1) is 88.7 Å². The first kappa shape index (κ1) is 69.7. The molecule has 2 aromatic rings.